The van der Waals surface area contributed by atoms with Gasteiger partial charge in [0.25, 0.3) is 5.91 Å². The van der Waals surface area contributed by atoms with Gasteiger partial charge in [0.05, 0.1) is 18.7 Å². The Balaban J connectivity index is 2.69. The van der Waals surface area contributed by atoms with Crippen molar-refractivity contribution in [2.75, 3.05) is 26.8 Å². The number of nitrogens with two attached hydrogens (primary N) is 1. The highest BCUT2D eigenvalue weighted by molar-refractivity contribution is 5.94. The number of hydrogen-bond acceptors (Lipinski definition) is 5. The summed E-state index contributed by atoms with van der Waals surface area (Å²) in [6.07, 6.45) is 0. The van der Waals surface area contributed by atoms with Crippen molar-refractivity contribution in [2.24, 2.45) is 5.84 Å². The lowest BCUT2D eigenvalue weighted by molar-refractivity contribution is 0.0952. The van der Waals surface area contributed by atoms with Gasteiger partial charge in [-0.2, -0.15) is 0 Å². The van der Waals surface area contributed by atoms with E-state index in [1.54, 1.807) is 20.1 Å². The summed E-state index contributed by atoms with van der Waals surface area (Å²) in [6, 6.07) is 1.73. The average molecular weight is 255 g/mol. The smallest absolute Gasteiger partial charge is 0.268 e. The Morgan fingerprint density at radius 1 is 1.61 bits per heavy atom. The molecule has 0 radical (unpaired) electrons. The van der Waals surface area contributed by atoms with E-state index < -0.39 is 0 Å². The molecule has 0 bridgehead atoms. The quantitative estimate of drug-likeness (QED) is 0.425. The average Bonchev–Trinajstić information content (AvgIpc) is 2.74. The highest BCUT2D eigenvalue weighted by atomic mass is 16.5. The summed E-state index contributed by atoms with van der Waals surface area (Å²) in [4.78, 5) is 13.6. The van der Waals surface area contributed by atoms with Crippen LogP contribution in [0.15, 0.2) is 10.5 Å². The second-order valence-corrected chi connectivity index (χ2v) is 4.02. The molecule has 6 heteroatoms. The summed E-state index contributed by atoms with van der Waals surface area (Å²) in [6.45, 7) is 6.85. The van der Waals surface area contributed by atoms with Crippen LogP contribution in [0, 0.1) is 6.92 Å². The number of methoxy groups -OCH3 is 1. The number of nitrogens with one attached hydrogen (secondary N) is 1. The Labute approximate surface area is 107 Å². The molecule has 1 amide bonds. The minimum absolute atomic E-state index is 0.331. The van der Waals surface area contributed by atoms with Crippen LogP contribution in [0.25, 0.3) is 0 Å². The highest BCUT2D eigenvalue weighted by Gasteiger charge is 2.15. The standard InChI is InChI=1S/C12H21N3O3/c1-4-15(5-6-17-3)8-10-7-11(9(2)18-10)12(16)14-13/h7H,4-6,8,13H2,1-3H3,(H,14,16). The van der Waals surface area contributed by atoms with E-state index in [4.69, 9.17) is 15.0 Å². The van der Waals surface area contributed by atoms with Crippen molar-refractivity contribution in [1.29, 1.82) is 0 Å². The van der Waals surface area contributed by atoms with Crippen molar-refractivity contribution < 1.29 is 13.9 Å². The molecule has 0 aliphatic heterocycles. The number of carbonyl (C=O) groups is 1. The molecule has 1 heterocycles. The molecule has 0 atom stereocenters. The van der Waals surface area contributed by atoms with Crippen molar-refractivity contribution in [3.63, 3.8) is 0 Å². The van der Waals surface area contributed by atoms with Gasteiger partial charge in [0.15, 0.2) is 0 Å². The lowest BCUT2D eigenvalue weighted by Gasteiger charge is -2.18. The molecule has 0 aliphatic carbocycles. The predicted molar refractivity (Wildman–Crippen MR) is 67.9 cm³/mol. The monoisotopic (exact) mass is 255 g/mol. The van der Waals surface area contributed by atoms with Gasteiger partial charge in [0, 0.05) is 13.7 Å². The Kier molecular flexibility index (Phi) is 5.84. The first-order valence-electron chi connectivity index (χ1n) is 5.93. The molecule has 102 valence electrons. The van der Waals surface area contributed by atoms with Crippen molar-refractivity contribution in [1.82, 2.24) is 10.3 Å². The minimum Gasteiger partial charge on any atom is -0.464 e. The lowest BCUT2D eigenvalue weighted by atomic mass is 10.2. The van der Waals surface area contributed by atoms with E-state index in [9.17, 15) is 4.79 Å². The molecule has 0 spiro atoms. The van der Waals surface area contributed by atoms with E-state index in [1.807, 2.05) is 0 Å². The number of furan rings is 1. The Morgan fingerprint density at radius 2 is 2.33 bits per heavy atom. The van der Waals surface area contributed by atoms with Crippen molar-refractivity contribution in [2.45, 2.75) is 20.4 Å². The van der Waals surface area contributed by atoms with Crippen LogP contribution in [0.3, 0.4) is 0 Å². The zero-order chi connectivity index (χ0) is 13.5. The molecule has 6 nitrogen and oxygen atoms in total. The van der Waals surface area contributed by atoms with Gasteiger partial charge in [-0.15, -0.1) is 0 Å². The number of likely N-dealkylation sites (N-methyl/N-ethyl adjacent to an activating group) is 1. The third kappa shape index (κ3) is 3.83. The normalized spacial score (nSPS) is 10.9. The van der Waals surface area contributed by atoms with Crippen LogP contribution in [0.2, 0.25) is 0 Å². The first-order valence-corrected chi connectivity index (χ1v) is 5.93. The van der Waals surface area contributed by atoms with Crippen LogP contribution in [-0.2, 0) is 11.3 Å². The van der Waals surface area contributed by atoms with Crippen LogP contribution in [0.1, 0.15) is 28.8 Å². The fourth-order valence-corrected chi connectivity index (χ4v) is 1.71. The summed E-state index contributed by atoms with van der Waals surface area (Å²) >= 11 is 0. The maximum absolute atomic E-state index is 11.4. The molecule has 0 aliphatic rings. The van der Waals surface area contributed by atoms with E-state index in [0.717, 1.165) is 18.8 Å². The van der Waals surface area contributed by atoms with Crippen LogP contribution in [0.5, 0.6) is 0 Å². The molecule has 3 N–H and O–H groups in total. The molecule has 1 aromatic heterocycles. The molecular weight excluding hydrogens is 234 g/mol. The van der Waals surface area contributed by atoms with Crippen molar-refractivity contribution in [3.05, 3.63) is 23.2 Å². The fraction of sp³-hybridized carbons (Fsp3) is 0.583. The van der Waals surface area contributed by atoms with E-state index in [0.29, 0.717) is 24.5 Å². The zero-order valence-corrected chi connectivity index (χ0v) is 11.2. The van der Waals surface area contributed by atoms with Crippen LogP contribution in [-0.4, -0.2) is 37.6 Å². The maximum atomic E-state index is 11.4. The van der Waals surface area contributed by atoms with E-state index in [-0.39, 0.29) is 5.91 Å². The van der Waals surface area contributed by atoms with E-state index >= 15 is 0 Å². The molecule has 0 fully saturated rings. The second-order valence-electron chi connectivity index (χ2n) is 4.02. The summed E-state index contributed by atoms with van der Waals surface area (Å²) in [5.41, 5.74) is 2.59. The van der Waals surface area contributed by atoms with E-state index in [1.165, 1.54) is 0 Å². The van der Waals surface area contributed by atoms with Crippen LogP contribution >= 0.6 is 0 Å². The molecular formula is C12H21N3O3. The molecule has 0 saturated carbocycles. The summed E-state index contributed by atoms with van der Waals surface area (Å²) in [5, 5.41) is 0. The zero-order valence-electron chi connectivity index (χ0n) is 11.2. The SMILES string of the molecule is CCN(CCOC)Cc1cc(C(=O)NN)c(C)o1. The van der Waals surface area contributed by atoms with Gasteiger partial charge < -0.3 is 9.15 Å². The number of ether oxygens (including phenoxy) is 1. The van der Waals surface area contributed by atoms with Gasteiger partial charge in [0.2, 0.25) is 0 Å². The molecule has 0 aromatic carbocycles. The minimum atomic E-state index is -0.331. The number of hydrazine groups is 1. The molecule has 1 rings (SSSR count). The Hall–Kier alpha value is -1.37. The van der Waals surface area contributed by atoms with Crippen molar-refractivity contribution >= 4 is 5.91 Å². The lowest BCUT2D eigenvalue weighted by Crippen LogP contribution is -2.30. The molecule has 0 saturated heterocycles. The number of aryl methyl sites for hydroxylation is 1. The number of hydrogen-bond donors (Lipinski definition) is 2. The fourth-order valence-electron chi connectivity index (χ4n) is 1.71. The topological polar surface area (TPSA) is 80.7 Å². The number of rotatable bonds is 7. The number of amides is 1. The summed E-state index contributed by atoms with van der Waals surface area (Å²) in [5.74, 6) is 6.11. The van der Waals surface area contributed by atoms with E-state index in [2.05, 4.69) is 17.2 Å². The number of nitrogen functional groups attached to an aromatic ring is 1. The maximum Gasteiger partial charge on any atom is 0.268 e. The Bertz CT molecular complexity index is 390. The predicted octanol–water partition coefficient (Wildman–Crippen LogP) is 0.660. The van der Waals surface area contributed by atoms with Crippen LogP contribution < -0.4 is 11.3 Å². The van der Waals surface area contributed by atoms with Crippen LogP contribution in [0.4, 0.5) is 0 Å². The van der Waals surface area contributed by atoms with Gasteiger partial charge in [-0.25, -0.2) is 5.84 Å². The highest BCUT2D eigenvalue weighted by Crippen LogP contribution is 2.16. The Morgan fingerprint density at radius 3 is 2.89 bits per heavy atom. The number of nitrogens with zero attached hydrogens (tertiary/aromatic N) is 1. The largest absolute Gasteiger partial charge is 0.464 e. The van der Waals surface area contributed by atoms with Gasteiger partial charge in [0.1, 0.15) is 11.5 Å². The number of carbonyl (C=O) groups excluding carboxylic acids is 1. The summed E-state index contributed by atoms with van der Waals surface area (Å²) < 4.78 is 10.6. The molecule has 18 heavy (non-hydrogen) atoms. The van der Waals surface area contributed by atoms with Crippen molar-refractivity contribution in [3.8, 4) is 0 Å². The first kappa shape index (κ1) is 14.7. The first-order chi connectivity index (χ1) is 8.62. The third-order valence-corrected chi connectivity index (χ3v) is 2.78. The molecule has 1 aromatic rings. The van der Waals surface area contributed by atoms with Gasteiger partial charge in [-0.05, 0) is 19.5 Å². The van der Waals surface area contributed by atoms with Gasteiger partial charge in [-0.3, -0.25) is 15.1 Å². The third-order valence-electron chi connectivity index (χ3n) is 2.78. The summed E-state index contributed by atoms with van der Waals surface area (Å²) in [7, 11) is 1.68. The van der Waals surface area contributed by atoms with Gasteiger partial charge in [-0.1, -0.05) is 6.92 Å². The van der Waals surface area contributed by atoms with Gasteiger partial charge >= 0.3 is 0 Å². The molecule has 0 unspecified atom stereocenters. The second kappa shape index (κ2) is 7.15.